The normalized spacial score (nSPS) is 18.1. The zero-order chi connectivity index (χ0) is 19.2. The second kappa shape index (κ2) is 9.07. The van der Waals surface area contributed by atoms with E-state index in [0.29, 0.717) is 6.54 Å². The third kappa shape index (κ3) is 5.76. The van der Waals surface area contributed by atoms with Gasteiger partial charge < -0.3 is 10.4 Å². The minimum absolute atomic E-state index is 0.204. The van der Waals surface area contributed by atoms with Crippen molar-refractivity contribution in [1.82, 2.24) is 20.6 Å². The molecule has 1 saturated carbocycles. The maximum absolute atomic E-state index is 13.0. The third-order valence-electron chi connectivity index (χ3n) is 4.92. The zero-order valence-corrected chi connectivity index (χ0v) is 15.9. The summed E-state index contributed by atoms with van der Waals surface area (Å²) in [5, 5.41) is 15.6. The summed E-state index contributed by atoms with van der Waals surface area (Å²) in [5.74, 6) is -1.06. The fourth-order valence-electron chi connectivity index (χ4n) is 3.46. The molecule has 0 radical (unpaired) electrons. The molecule has 7 nitrogen and oxygen atoms in total. The third-order valence-corrected chi connectivity index (χ3v) is 4.92. The smallest absolute Gasteiger partial charge is 0.326 e. The standard InChI is InChI=1S/C19H30N4O3/c1-19(2,3)16(18(25)26)23-17(24)15(13-7-5-4-6-8-13)22-12-14-11-20-9-10-21-14/h9-11,13,15-16,22H,4-8,12H2,1-3H3,(H,23,24)(H,25,26). The number of rotatable bonds is 7. The van der Waals surface area contributed by atoms with Gasteiger partial charge in [-0.2, -0.15) is 0 Å². The van der Waals surface area contributed by atoms with Gasteiger partial charge in [0.15, 0.2) is 0 Å². The number of aliphatic carboxylic acids is 1. The summed E-state index contributed by atoms with van der Waals surface area (Å²) in [6.45, 7) is 5.87. The van der Waals surface area contributed by atoms with E-state index in [1.54, 1.807) is 18.6 Å². The van der Waals surface area contributed by atoms with Crippen molar-refractivity contribution < 1.29 is 14.7 Å². The quantitative estimate of drug-likeness (QED) is 0.686. The number of carbonyl (C=O) groups excluding carboxylic acids is 1. The van der Waals surface area contributed by atoms with Gasteiger partial charge in [-0.1, -0.05) is 40.0 Å². The number of hydrogen-bond acceptors (Lipinski definition) is 5. The van der Waals surface area contributed by atoms with Crippen molar-refractivity contribution in [3.63, 3.8) is 0 Å². The summed E-state index contributed by atoms with van der Waals surface area (Å²) in [6.07, 6.45) is 10.2. The van der Waals surface area contributed by atoms with Crippen LogP contribution in [0.25, 0.3) is 0 Å². The first kappa shape index (κ1) is 20.3. The van der Waals surface area contributed by atoms with Gasteiger partial charge in [0.2, 0.25) is 5.91 Å². The molecule has 144 valence electrons. The molecule has 1 amide bonds. The highest BCUT2D eigenvalue weighted by atomic mass is 16.4. The van der Waals surface area contributed by atoms with Crippen molar-refractivity contribution in [3.05, 3.63) is 24.3 Å². The molecule has 0 bridgehead atoms. The van der Waals surface area contributed by atoms with Gasteiger partial charge in [-0.3, -0.25) is 20.1 Å². The summed E-state index contributed by atoms with van der Waals surface area (Å²) in [5.41, 5.74) is 0.190. The minimum atomic E-state index is -1.01. The van der Waals surface area contributed by atoms with E-state index in [1.165, 1.54) is 6.42 Å². The van der Waals surface area contributed by atoms with Crippen LogP contribution in [0.4, 0.5) is 0 Å². The molecule has 1 aromatic heterocycles. The Morgan fingerprint density at radius 2 is 1.92 bits per heavy atom. The molecule has 0 spiro atoms. The highest BCUT2D eigenvalue weighted by molar-refractivity contribution is 5.87. The molecule has 7 heteroatoms. The van der Waals surface area contributed by atoms with Crippen molar-refractivity contribution in [3.8, 4) is 0 Å². The molecule has 0 saturated heterocycles. The summed E-state index contributed by atoms with van der Waals surface area (Å²) < 4.78 is 0. The van der Waals surface area contributed by atoms with Gasteiger partial charge in [-0.05, 0) is 24.2 Å². The van der Waals surface area contributed by atoms with Gasteiger partial charge in [0, 0.05) is 25.1 Å². The lowest BCUT2D eigenvalue weighted by Crippen LogP contribution is -2.56. The molecule has 2 rings (SSSR count). The van der Waals surface area contributed by atoms with Crippen molar-refractivity contribution in [2.45, 2.75) is 71.5 Å². The lowest BCUT2D eigenvalue weighted by Gasteiger charge is -2.33. The van der Waals surface area contributed by atoms with E-state index in [9.17, 15) is 14.7 Å². The summed E-state index contributed by atoms with van der Waals surface area (Å²) in [6, 6.07) is -1.36. The molecule has 1 aliphatic carbocycles. The first-order chi connectivity index (χ1) is 12.3. The molecule has 1 fully saturated rings. The topological polar surface area (TPSA) is 104 Å². The molecule has 0 aliphatic heterocycles. The Bertz CT molecular complexity index is 595. The molecule has 2 atom stereocenters. The Balaban J connectivity index is 2.10. The summed E-state index contributed by atoms with van der Waals surface area (Å²) in [7, 11) is 0. The van der Waals surface area contributed by atoms with Gasteiger partial charge in [0.1, 0.15) is 6.04 Å². The Morgan fingerprint density at radius 1 is 1.23 bits per heavy atom. The number of amides is 1. The first-order valence-electron chi connectivity index (χ1n) is 9.30. The van der Waals surface area contributed by atoms with E-state index in [4.69, 9.17) is 0 Å². The molecule has 0 aromatic carbocycles. The maximum Gasteiger partial charge on any atom is 0.326 e. The second-order valence-electron chi connectivity index (χ2n) is 8.10. The molecule has 26 heavy (non-hydrogen) atoms. The van der Waals surface area contributed by atoms with Crippen LogP contribution in [-0.2, 0) is 16.1 Å². The van der Waals surface area contributed by atoms with Crippen LogP contribution in [0.15, 0.2) is 18.6 Å². The number of carbonyl (C=O) groups is 2. The second-order valence-corrected chi connectivity index (χ2v) is 8.10. The first-order valence-corrected chi connectivity index (χ1v) is 9.30. The van der Waals surface area contributed by atoms with E-state index < -0.39 is 23.5 Å². The SMILES string of the molecule is CC(C)(C)C(NC(=O)C(NCc1cnccn1)C1CCCCC1)C(=O)O. The zero-order valence-electron chi connectivity index (χ0n) is 15.9. The van der Waals surface area contributed by atoms with Crippen LogP contribution in [0.3, 0.4) is 0 Å². The number of nitrogens with zero attached hydrogens (tertiary/aromatic N) is 2. The Labute approximate surface area is 155 Å². The van der Waals surface area contributed by atoms with Crippen LogP contribution in [0.5, 0.6) is 0 Å². The lowest BCUT2D eigenvalue weighted by atomic mass is 9.82. The molecule has 3 N–H and O–H groups in total. The van der Waals surface area contributed by atoms with Gasteiger partial charge in [0.05, 0.1) is 11.7 Å². The van der Waals surface area contributed by atoms with Crippen LogP contribution in [-0.4, -0.2) is 39.0 Å². The predicted molar refractivity (Wildman–Crippen MR) is 98.3 cm³/mol. The van der Waals surface area contributed by atoms with E-state index in [2.05, 4.69) is 20.6 Å². The van der Waals surface area contributed by atoms with Crippen LogP contribution >= 0.6 is 0 Å². The lowest BCUT2D eigenvalue weighted by molar-refractivity contribution is -0.145. The average molecular weight is 362 g/mol. The average Bonchev–Trinajstić information content (AvgIpc) is 2.60. The van der Waals surface area contributed by atoms with E-state index >= 15 is 0 Å². The molecule has 1 aromatic rings. The highest BCUT2D eigenvalue weighted by Gasteiger charge is 2.36. The largest absolute Gasteiger partial charge is 0.480 e. The highest BCUT2D eigenvalue weighted by Crippen LogP contribution is 2.27. The fraction of sp³-hybridized carbons (Fsp3) is 0.684. The van der Waals surface area contributed by atoms with Crippen molar-refractivity contribution in [2.24, 2.45) is 11.3 Å². The molecule has 2 unspecified atom stereocenters. The van der Waals surface area contributed by atoms with E-state index in [1.807, 2.05) is 20.8 Å². The van der Waals surface area contributed by atoms with Gasteiger partial charge in [-0.15, -0.1) is 0 Å². The summed E-state index contributed by atoms with van der Waals surface area (Å²) in [4.78, 5) is 32.8. The van der Waals surface area contributed by atoms with Crippen LogP contribution < -0.4 is 10.6 Å². The number of carboxylic acids is 1. The van der Waals surface area contributed by atoms with E-state index in [0.717, 1.165) is 31.4 Å². The van der Waals surface area contributed by atoms with Crippen molar-refractivity contribution >= 4 is 11.9 Å². The van der Waals surface area contributed by atoms with Crippen LogP contribution in [0, 0.1) is 11.3 Å². The Morgan fingerprint density at radius 3 is 2.46 bits per heavy atom. The van der Waals surface area contributed by atoms with Gasteiger partial charge >= 0.3 is 5.97 Å². The van der Waals surface area contributed by atoms with Crippen LogP contribution in [0.1, 0.15) is 58.6 Å². The molecule has 1 heterocycles. The van der Waals surface area contributed by atoms with E-state index in [-0.39, 0.29) is 11.8 Å². The van der Waals surface area contributed by atoms with Gasteiger partial charge in [0.25, 0.3) is 0 Å². The number of aromatic nitrogens is 2. The Kier molecular flexibility index (Phi) is 7.08. The molecular weight excluding hydrogens is 332 g/mol. The number of carboxylic acid groups (broad SMARTS) is 1. The van der Waals surface area contributed by atoms with Crippen LogP contribution in [0.2, 0.25) is 0 Å². The molecular formula is C19H30N4O3. The number of nitrogens with one attached hydrogen (secondary N) is 2. The molecule has 1 aliphatic rings. The minimum Gasteiger partial charge on any atom is -0.480 e. The van der Waals surface area contributed by atoms with Gasteiger partial charge in [-0.25, -0.2) is 4.79 Å². The Hall–Kier alpha value is -2.02. The number of hydrogen-bond donors (Lipinski definition) is 3. The fourth-order valence-corrected chi connectivity index (χ4v) is 3.46. The monoisotopic (exact) mass is 362 g/mol. The maximum atomic E-state index is 13.0. The van der Waals surface area contributed by atoms with Crippen molar-refractivity contribution in [2.75, 3.05) is 0 Å². The predicted octanol–water partition coefficient (Wildman–Crippen LogP) is 2.13. The van der Waals surface area contributed by atoms with Crippen molar-refractivity contribution in [1.29, 1.82) is 0 Å². The summed E-state index contributed by atoms with van der Waals surface area (Å²) >= 11 is 0.